The van der Waals surface area contributed by atoms with Crippen LogP contribution in [0.2, 0.25) is 10.0 Å². The average Bonchev–Trinajstić information content (AvgIpc) is 2.96. The lowest BCUT2D eigenvalue weighted by atomic mass is 10.2. The van der Waals surface area contributed by atoms with Crippen molar-refractivity contribution in [2.24, 2.45) is 0 Å². The molecule has 0 saturated heterocycles. The summed E-state index contributed by atoms with van der Waals surface area (Å²) in [6.07, 6.45) is 1.54. The van der Waals surface area contributed by atoms with E-state index >= 15 is 0 Å². The summed E-state index contributed by atoms with van der Waals surface area (Å²) in [5, 5.41) is 7.71. The summed E-state index contributed by atoms with van der Waals surface area (Å²) in [7, 11) is 0. The number of benzene rings is 1. The zero-order chi connectivity index (χ0) is 17.8. The van der Waals surface area contributed by atoms with E-state index in [4.69, 9.17) is 23.2 Å². The van der Waals surface area contributed by atoms with Crippen molar-refractivity contribution >= 4 is 51.4 Å². The number of rotatable bonds is 5. The van der Waals surface area contributed by atoms with Crippen molar-refractivity contribution in [1.82, 2.24) is 15.3 Å². The van der Waals surface area contributed by atoms with Gasteiger partial charge in [0.2, 0.25) is 0 Å². The third-order valence-corrected chi connectivity index (χ3v) is 5.03. The molecule has 0 aliphatic carbocycles. The lowest BCUT2D eigenvalue weighted by Gasteiger charge is -2.05. The number of aromatic nitrogens is 2. The lowest BCUT2D eigenvalue weighted by Crippen LogP contribution is -2.22. The third-order valence-electron chi connectivity index (χ3n) is 3.36. The molecule has 3 aromatic rings. The molecule has 2 aromatic heterocycles. The minimum absolute atomic E-state index is 0.188. The maximum atomic E-state index is 12.4. The number of amides is 1. The number of anilines is 2. The van der Waals surface area contributed by atoms with Gasteiger partial charge in [0, 0.05) is 17.8 Å². The van der Waals surface area contributed by atoms with E-state index in [1.54, 1.807) is 31.3 Å². The minimum Gasteiger partial charge on any atom is -0.347 e. The summed E-state index contributed by atoms with van der Waals surface area (Å²) in [6, 6.07) is 10.9. The molecular formula is C17H14Cl2N4OS. The number of carbonyl (C=O) groups excluding carboxylic acids is 1. The first-order valence-electron chi connectivity index (χ1n) is 7.40. The fourth-order valence-corrected chi connectivity index (χ4v) is 3.32. The van der Waals surface area contributed by atoms with Crippen LogP contribution in [0.3, 0.4) is 0 Å². The van der Waals surface area contributed by atoms with E-state index in [2.05, 4.69) is 20.6 Å². The number of hydrogen-bond donors (Lipinski definition) is 2. The molecule has 1 aromatic carbocycles. The summed E-state index contributed by atoms with van der Waals surface area (Å²) in [5.41, 5.74) is 1.52. The molecule has 0 aliphatic rings. The molecule has 0 saturated carbocycles. The molecule has 1 amide bonds. The van der Waals surface area contributed by atoms with E-state index in [1.807, 2.05) is 18.2 Å². The summed E-state index contributed by atoms with van der Waals surface area (Å²) in [6.45, 7) is 2.15. The minimum atomic E-state index is -0.188. The standard InChI is InChI=1S/C17H14Cl2N4OS/c1-10-15(16(24)21-8-11-4-2-3-5-13(11)19)25-17(22-10)23-14-7-6-12(18)9-20-14/h2-7,9H,8H2,1H3,(H,21,24)(H,20,22,23). The zero-order valence-corrected chi connectivity index (χ0v) is 15.5. The first-order valence-corrected chi connectivity index (χ1v) is 8.98. The predicted molar refractivity (Wildman–Crippen MR) is 102 cm³/mol. The van der Waals surface area contributed by atoms with Crippen molar-refractivity contribution in [3.63, 3.8) is 0 Å². The molecule has 8 heteroatoms. The van der Waals surface area contributed by atoms with Crippen LogP contribution in [-0.4, -0.2) is 15.9 Å². The summed E-state index contributed by atoms with van der Waals surface area (Å²) in [5.74, 6) is 0.424. The molecule has 0 radical (unpaired) electrons. The monoisotopic (exact) mass is 392 g/mol. The van der Waals surface area contributed by atoms with Gasteiger partial charge in [0.15, 0.2) is 5.13 Å². The van der Waals surface area contributed by atoms with Crippen LogP contribution < -0.4 is 10.6 Å². The second-order valence-electron chi connectivity index (χ2n) is 5.19. The number of nitrogens with zero attached hydrogens (tertiary/aromatic N) is 2. The quantitative estimate of drug-likeness (QED) is 0.652. The number of halogens is 2. The molecule has 2 heterocycles. The maximum Gasteiger partial charge on any atom is 0.263 e. The van der Waals surface area contributed by atoms with Crippen molar-refractivity contribution in [2.75, 3.05) is 5.32 Å². The van der Waals surface area contributed by atoms with Gasteiger partial charge >= 0.3 is 0 Å². The number of aryl methyl sites for hydroxylation is 1. The number of hydrogen-bond acceptors (Lipinski definition) is 5. The highest BCUT2D eigenvalue weighted by Crippen LogP contribution is 2.25. The summed E-state index contributed by atoms with van der Waals surface area (Å²) in [4.78, 5) is 21.5. The van der Waals surface area contributed by atoms with Crippen LogP contribution in [-0.2, 0) is 6.54 Å². The lowest BCUT2D eigenvalue weighted by molar-refractivity contribution is 0.0954. The van der Waals surface area contributed by atoms with Gasteiger partial charge in [-0.2, -0.15) is 0 Å². The average molecular weight is 393 g/mol. The van der Waals surface area contributed by atoms with E-state index in [0.717, 1.165) is 5.56 Å². The SMILES string of the molecule is Cc1nc(Nc2ccc(Cl)cn2)sc1C(=O)NCc1ccccc1Cl. The topological polar surface area (TPSA) is 66.9 Å². The smallest absolute Gasteiger partial charge is 0.263 e. The Labute approximate surface area is 159 Å². The van der Waals surface area contributed by atoms with E-state index < -0.39 is 0 Å². The van der Waals surface area contributed by atoms with Gasteiger partial charge < -0.3 is 10.6 Å². The van der Waals surface area contributed by atoms with Crippen LogP contribution in [0.1, 0.15) is 20.9 Å². The Balaban J connectivity index is 1.68. The van der Waals surface area contributed by atoms with Gasteiger partial charge in [-0.25, -0.2) is 9.97 Å². The molecule has 0 spiro atoms. The van der Waals surface area contributed by atoms with E-state index in [0.29, 0.717) is 38.1 Å². The molecule has 25 heavy (non-hydrogen) atoms. The van der Waals surface area contributed by atoms with Crippen LogP contribution in [0.4, 0.5) is 10.9 Å². The van der Waals surface area contributed by atoms with Crippen molar-refractivity contribution < 1.29 is 4.79 Å². The molecule has 0 bridgehead atoms. The van der Waals surface area contributed by atoms with Gasteiger partial charge in [-0.3, -0.25) is 4.79 Å². The normalized spacial score (nSPS) is 10.5. The maximum absolute atomic E-state index is 12.4. The van der Waals surface area contributed by atoms with Crippen LogP contribution in [0.15, 0.2) is 42.6 Å². The van der Waals surface area contributed by atoms with Gasteiger partial charge in [0.1, 0.15) is 10.7 Å². The van der Waals surface area contributed by atoms with Gasteiger partial charge in [0.05, 0.1) is 10.7 Å². The van der Waals surface area contributed by atoms with Crippen LogP contribution in [0.5, 0.6) is 0 Å². The number of pyridine rings is 1. The Hall–Kier alpha value is -2.15. The Morgan fingerprint density at radius 1 is 1.20 bits per heavy atom. The molecule has 0 aliphatic heterocycles. The van der Waals surface area contributed by atoms with Gasteiger partial charge in [-0.15, -0.1) is 0 Å². The van der Waals surface area contributed by atoms with Crippen molar-refractivity contribution in [2.45, 2.75) is 13.5 Å². The number of thiazole rings is 1. The molecule has 2 N–H and O–H groups in total. The third kappa shape index (κ3) is 4.48. The van der Waals surface area contributed by atoms with Gasteiger partial charge in [-0.05, 0) is 30.7 Å². The Morgan fingerprint density at radius 2 is 2.00 bits per heavy atom. The second kappa shape index (κ2) is 7.82. The fourth-order valence-electron chi connectivity index (χ4n) is 2.12. The molecule has 5 nitrogen and oxygen atoms in total. The second-order valence-corrected chi connectivity index (χ2v) is 7.04. The number of nitrogens with one attached hydrogen (secondary N) is 2. The highest BCUT2D eigenvalue weighted by Gasteiger charge is 2.16. The van der Waals surface area contributed by atoms with Crippen molar-refractivity contribution in [1.29, 1.82) is 0 Å². The van der Waals surface area contributed by atoms with E-state index in [1.165, 1.54) is 11.3 Å². The molecule has 0 atom stereocenters. The molecule has 3 rings (SSSR count). The largest absolute Gasteiger partial charge is 0.347 e. The summed E-state index contributed by atoms with van der Waals surface area (Å²) < 4.78 is 0. The first-order chi connectivity index (χ1) is 12.0. The van der Waals surface area contributed by atoms with Crippen LogP contribution in [0.25, 0.3) is 0 Å². The Morgan fingerprint density at radius 3 is 2.72 bits per heavy atom. The van der Waals surface area contributed by atoms with Crippen LogP contribution in [0, 0.1) is 6.92 Å². The van der Waals surface area contributed by atoms with Crippen molar-refractivity contribution in [3.8, 4) is 0 Å². The van der Waals surface area contributed by atoms with E-state index in [9.17, 15) is 4.79 Å². The first kappa shape index (κ1) is 17.7. The van der Waals surface area contributed by atoms with E-state index in [-0.39, 0.29) is 5.91 Å². The molecule has 128 valence electrons. The highest BCUT2D eigenvalue weighted by molar-refractivity contribution is 7.17. The van der Waals surface area contributed by atoms with Crippen molar-refractivity contribution in [3.05, 3.63) is 68.8 Å². The van der Waals surface area contributed by atoms with Gasteiger partial charge in [-0.1, -0.05) is 52.7 Å². The van der Waals surface area contributed by atoms with Crippen LogP contribution >= 0.6 is 34.5 Å². The number of carbonyl (C=O) groups is 1. The Bertz CT molecular complexity index is 896. The molecular weight excluding hydrogens is 379 g/mol. The molecule has 0 fully saturated rings. The highest BCUT2D eigenvalue weighted by atomic mass is 35.5. The van der Waals surface area contributed by atoms with Gasteiger partial charge in [0.25, 0.3) is 5.91 Å². The zero-order valence-electron chi connectivity index (χ0n) is 13.2. The Kier molecular flexibility index (Phi) is 5.53. The predicted octanol–water partition coefficient (Wildman–Crippen LogP) is 4.83. The summed E-state index contributed by atoms with van der Waals surface area (Å²) >= 11 is 13.2. The fraction of sp³-hybridized carbons (Fsp3) is 0.118. The molecule has 0 unspecified atom stereocenters.